The number of aliphatic hydroxyl groups excluding tert-OH is 1. The number of piperidine rings is 1. The van der Waals surface area contributed by atoms with E-state index in [0.717, 1.165) is 25.3 Å². The summed E-state index contributed by atoms with van der Waals surface area (Å²) in [6.45, 7) is 3.66. The topological polar surface area (TPSA) is 64.1 Å². The van der Waals surface area contributed by atoms with Gasteiger partial charge in [0, 0.05) is 56.6 Å². The van der Waals surface area contributed by atoms with Gasteiger partial charge in [0.1, 0.15) is 0 Å². The number of carbonyl (C=O) groups is 2. The first kappa shape index (κ1) is 24.9. The smallest absolute Gasteiger partial charge is 0.391 e. The Morgan fingerprint density at radius 1 is 1.24 bits per heavy atom. The number of rotatable bonds is 5. The first-order valence-electron chi connectivity index (χ1n) is 11.6. The molecule has 186 valence electrons. The van der Waals surface area contributed by atoms with Crippen molar-refractivity contribution in [2.75, 3.05) is 31.1 Å². The molecule has 34 heavy (non-hydrogen) atoms. The Morgan fingerprint density at radius 3 is 2.59 bits per heavy atom. The Labute approximate surface area is 201 Å². The minimum atomic E-state index is -4.54. The van der Waals surface area contributed by atoms with E-state index in [-0.39, 0.29) is 23.3 Å². The van der Waals surface area contributed by atoms with Crippen LogP contribution in [0.5, 0.6) is 0 Å². The molecule has 1 aromatic rings. The van der Waals surface area contributed by atoms with Gasteiger partial charge in [-0.15, -0.1) is 0 Å². The number of hydrogen-bond acceptors (Lipinski definition) is 4. The molecule has 1 spiro atoms. The molecule has 1 aliphatic carbocycles. The third-order valence-corrected chi connectivity index (χ3v) is 7.56. The molecule has 0 aromatic heterocycles. The van der Waals surface area contributed by atoms with Gasteiger partial charge in [0.2, 0.25) is 11.8 Å². The molecule has 6 nitrogen and oxygen atoms in total. The fraction of sp³-hybridized carbons (Fsp3) is 0.583. The highest BCUT2D eigenvalue weighted by atomic mass is 35.5. The number of aliphatic hydroxyl groups is 1. The van der Waals surface area contributed by atoms with Crippen LogP contribution in [0.4, 0.5) is 18.9 Å². The average molecular weight is 500 g/mol. The number of carbonyl (C=O) groups excluding carboxylic acids is 2. The SMILES string of the molecule is C[C@@H]1CN(CCCC(=O)N2CCC3(CC3)[C@H](O)C2)C(=O)C=CN1c1ccc(C(F)(F)F)c(Cl)c1. The van der Waals surface area contributed by atoms with Crippen LogP contribution in [-0.2, 0) is 15.8 Å². The van der Waals surface area contributed by atoms with Crippen LogP contribution in [0.3, 0.4) is 0 Å². The van der Waals surface area contributed by atoms with E-state index >= 15 is 0 Å². The van der Waals surface area contributed by atoms with E-state index in [2.05, 4.69) is 0 Å². The Balaban J connectivity index is 1.32. The van der Waals surface area contributed by atoms with Gasteiger partial charge in [-0.1, -0.05) is 11.6 Å². The lowest BCUT2D eigenvalue weighted by molar-refractivity contribution is -0.137. The summed E-state index contributed by atoms with van der Waals surface area (Å²) >= 11 is 5.87. The van der Waals surface area contributed by atoms with Gasteiger partial charge in [-0.05, 0) is 56.2 Å². The molecule has 0 bridgehead atoms. The van der Waals surface area contributed by atoms with Crippen LogP contribution >= 0.6 is 11.6 Å². The van der Waals surface area contributed by atoms with E-state index in [0.29, 0.717) is 44.7 Å². The quantitative estimate of drug-likeness (QED) is 0.663. The van der Waals surface area contributed by atoms with Gasteiger partial charge >= 0.3 is 6.18 Å². The van der Waals surface area contributed by atoms with Crippen molar-refractivity contribution in [3.05, 3.63) is 41.1 Å². The van der Waals surface area contributed by atoms with Crippen molar-refractivity contribution >= 4 is 29.1 Å². The summed E-state index contributed by atoms with van der Waals surface area (Å²) < 4.78 is 39.0. The second-order valence-electron chi connectivity index (χ2n) is 9.59. The molecule has 0 radical (unpaired) electrons. The van der Waals surface area contributed by atoms with E-state index in [4.69, 9.17) is 11.6 Å². The van der Waals surface area contributed by atoms with Crippen LogP contribution in [-0.4, -0.2) is 65.0 Å². The summed E-state index contributed by atoms with van der Waals surface area (Å²) in [7, 11) is 0. The van der Waals surface area contributed by atoms with Crippen LogP contribution in [0.25, 0.3) is 0 Å². The predicted molar refractivity (Wildman–Crippen MR) is 122 cm³/mol. The lowest BCUT2D eigenvalue weighted by Gasteiger charge is -2.36. The number of amides is 2. The lowest BCUT2D eigenvalue weighted by atomic mass is 9.90. The molecular weight excluding hydrogens is 471 g/mol. The van der Waals surface area contributed by atoms with Crippen LogP contribution in [0.2, 0.25) is 5.02 Å². The van der Waals surface area contributed by atoms with Gasteiger partial charge in [0.15, 0.2) is 0 Å². The highest BCUT2D eigenvalue weighted by molar-refractivity contribution is 6.31. The molecule has 4 rings (SSSR count). The first-order valence-corrected chi connectivity index (χ1v) is 12.0. The normalized spacial score (nSPS) is 24.5. The van der Waals surface area contributed by atoms with Crippen molar-refractivity contribution in [2.24, 2.45) is 5.41 Å². The maximum atomic E-state index is 13.0. The van der Waals surface area contributed by atoms with Crippen molar-refractivity contribution in [2.45, 2.75) is 57.3 Å². The summed E-state index contributed by atoms with van der Waals surface area (Å²) in [6.07, 6.45) is 1.65. The highest BCUT2D eigenvalue weighted by Gasteiger charge is 2.51. The van der Waals surface area contributed by atoms with E-state index in [9.17, 15) is 27.9 Å². The Bertz CT molecular complexity index is 980. The van der Waals surface area contributed by atoms with Crippen molar-refractivity contribution in [3.8, 4) is 0 Å². The van der Waals surface area contributed by atoms with Crippen LogP contribution < -0.4 is 4.90 Å². The zero-order chi connectivity index (χ0) is 24.7. The molecule has 2 fully saturated rings. The van der Waals surface area contributed by atoms with E-state index in [1.165, 1.54) is 18.2 Å². The number of anilines is 1. The summed E-state index contributed by atoms with van der Waals surface area (Å²) in [5.41, 5.74) is -0.398. The van der Waals surface area contributed by atoms with Gasteiger partial charge in [0.25, 0.3) is 0 Å². The maximum absolute atomic E-state index is 13.0. The molecule has 1 N–H and O–H groups in total. The minimum Gasteiger partial charge on any atom is -0.391 e. The molecule has 10 heteroatoms. The van der Waals surface area contributed by atoms with Gasteiger partial charge in [-0.25, -0.2) is 0 Å². The molecule has 3 aliphatic rings. The Hall–Kier alpha value is -2.26. The number of hydrogen-bond donors (Lipinski definition) is 1. The zero-order valence-corrected chi connectivity index (χ0v) is 19.8. The Morgan fingerprint density at radius 2 is 1.97 bits per heavy atom. The molecule has 1 saturated heterocycles. The second kappa shape index (κ2) is 9.41. The largest absolute Gasteiger partial charge is 0.417 e. The fourth-order valence-electron chi connectivity index (χ4n) is 4.90. The standard InChI is InChI=1S/C24H29ClF3N3O3/c1-16-14-29(10-2-3-21(33)30-12-9-23(7-8-23)20(32)15-30)22(34)6-11-31(16)17-4-5-18(19(25)13-17)24(26,27)28/h4-6,11,13,16,20,32H,2-3,7-10,12,14-15H2,1H3/t16-,20-/m1/s1. The van der Waals surface area contributed by atoms with Crippen molar-refractivity contribution in [3.63, 3.8) is 0 Å². The number of benzene rings is 1. The summed E-state index contributed by atoms with van der Waals surface area (Å²) in [5, 5.41) is 9.91. The maximum Gasteiger partial charge on any atom is 0.417 e. The van der Waals surface area contributed by atoms with Crippen LogP contribution in [0.1, 0.15) is 44.6 Å². The monoisotopic (exact) mass is 499 g/mol. The zero-order valence-electron chi connectivity index (χ0n) is 19.0. The molecule has 2 amide bonds. The van der Waals surface area contributed by atoms with Crippen molar-refractivity contribution in [1.29, 1.82) is 0 Å². The summed E-state index contributed by atoms with van der Waals surface area (Å²) in [6, 6.07) is 3.32. The third-order valence-electron chi connectivity index (χ3n) is 7.25. The van der Waals surface area contributed by atoms with Crippen molar-refractivity contribution < 1.29 is 27.9 Å². The molecule has 0 unspecified atom stereocenters. The molecular formula is C24H29ClF3N3O3. The van der Waals surface area contributed by atoms with E-state index < -0.39 is 22.9 Å². The van der Waals surface area contributed by atoms with Crippen LogP contribution in [0.15, 0.2) is 30.5 Å². The predicted octanol–water partition coefficient (Wildman–Crippen LogP) is 4.06. The minimum absolute atomic E-state index is 0.0126. The average Bonchev–Trinajstić information content (AvgIpc) is 3.55. The van der Waals surface area contributed by atoms with Crippen LogP contribution in [0, 0.1) is 5.41 Å². The number of halogens is 4. The highest BCUT2D eigenvalue weighted by Crippen LogP contribution is 2.53. The van der Waals surface area contributed by atoms with E-state index in [1.807, 2.05) is 6.92 Å². The van der Waals surface area contributed by atoms with Gasteiger partial charge in [0.05, 0.1) is 16.7 Å². The summed E-state index contributed by atoms with van der Waals surface area (Å²) in [4.78, 5) is 30.3. The third kappa shape index (κ3) is 5.20. The second-order valence-corrected chi connectivity index (χ2v) is 10.00. The number of β-amino-alcohol motifs (C(OH)–C–C–N with tert-alkyl or cyclic N) is 1. The fourth-order valence-corrected chi connectivity index (χ4v) is 5.18. The number of alkyl halides is 3. The molecule has 2 heterocycles. The Kier molecular flexibility index (Phi) is 6.88. The van der Waals surface area contributed by atoms with Gasteiger partial charge in [-0.3, -0.25) is 9.59 Å². The summed E-state index contributed by atoms with van der Waals surface area (Å²) in [5.74, 6) is -0.231. The molecule has 1 saturated carbocycles. The van der Waals surface area contributed by atoms with E-state index in [1.54, 1.807) is 20.9 Å². The molecule has 2 atom stereocenters. The number of likely N-dealkylation sites (tertiary alicyclic amines) is 1. The molecule has 1 aromatic carbocycles. The molecule has 2 aliphatic heterocycles. The van der Waals surface area contributed by atoms with Gasteiger partial charge in [-0.2, -0.15) is 13.2 Å². The lowest BCUT2D eigenvalue weighted by Crippen LogP contribution is -2.47. The van der Waals surface area contributed by atoms with Gasteiger partial charge < -0.3 is 19.8 Å². The number of nitrogens with zero attached hydrogens (tertiary/aromatic N) is 3. The first-order chi connectivity index (χ1) is 16.0. The van der Waals surface area contributed by atoms with Crippen molar-refractivity contribution in [1.82, 2.24) is 9.80 Å².